The van der Waals surface area contributed by atoms with E-state index in [1.807, 2.05) is 0 Å². The van der Waals surface area contributed by atoms with Crippen LogP contribution in [0.2, 0.25) is 42.8 Å². The van der Waals surface area contributed by atoms with Gasteiger partial charge in [-0.2, -0.15) is 0 Å². The molecule has 0 aromatic heterocycles. The predicted molar refractivity (Wildman–Crippen MR) is 190 cm³/mol. The Morgan fingerprint density at radius 2 is 1.14 bits per heavy atom. The summed E-state index contributed by atoms with van der Waals surface area (Å²) in [6.07, 6.45) is 15.6. The van der Waals surface area contributed by atoms with Crippen LogP contribution in [0, 0.1) is 0 Å². The van der Waals surface area contributed by atoms with Crippen LogP contribution in [0.5, 0.6) is 0 Å². The average Bonchev–Trinajstić information content (AvgIpc) is 3.99. The average molecular weight is 767 g/mol. The van der Waals surface area contributed by atoms with E-state index in [9.17, 15) is 0 Å². The molecule has 12 aliphatic rings. The van der Waals surface area contributed by atoms with Crippen LogP contribution in [-0.2, 0) is 6.51 Å². The monoisotopic (exact) mass is 766 g/mol. The molecule has 10 heterocycles. The summed E-state index contributed by atoms with van der Waals surface area (Å²) in [5, 5.41) is 11.2. The second kappa shape index (κ2) is 4.58. The number of halogens is 1. The van der Waals surface area contributed by atoms with Gasteiger partial charge in [-0.1, -0.05) is 0 Å². The Hall–Kier alpha value is 0.509. The first-order valence-corrected chi connectivity index (χ1v) is 28.1. The van der Waals surface area contributed by atoms with Crippen molar-refractivity contribution in [3.63, 3.8) is 0 Å². The number of aliphatic hydroxyl groups excluding tert-OH is 1. The smallest absolute Gasteiger partial charge is 0.0402 e. The summed E-state index contributed by atoms with van der Waals surface area (Å²) in [6, 6.07) is 24.7. The Labute approximate surface area is 265 Å². The maximum absolute atomic E-state index is 7.57. The zero-order valence-electron chi connectivity index (χ0n) is 25.9. The maximum Gasteiger partial charge on any atom is 0.0402 e. The van der Waals surface area contributed by atoms with E-state index in [1.165, 1.54) is 51.4 Å². The van der Waals surface area contributed by atoms with Gasteiger partial charge in [-0.25, -0.2) is 0 Å². The van der Waals surface area contributed by atoms with Gasteiger partial charge in [0.15, 0.2) is 0 Å². The molecule has 1 spiro atoms. The molecule has 6 atom stereocenters. The molecule has 10 saturated heterocycles. The van der Waals surface area contributed by atoms with Crippen molar-refractivity contribution in [3.8, 4) is 0 Å². The van der Waals surface area contributed by atoms with E-state index in [0.29, 0.717) is 3.16 Å². The molecular formula is C38H49FeIOP2. The Kier molecular flexibility index (Phi) is 2.72. The molecule has 5 heteroatoms. The summed E-state index contributed by atoms with van der Waals surface area (Å²) in [7, 11) is -0.144. The van der Waals surface area contributed by atoms with Gasteiger partial charge in [0.25, 0.3) is 0 Å². The molecule has 14 rings (SSSR count). The summed E-state index contributed by atoms with van der Waals surface area (Å²) >= 11 is 3.38. The number of hydrogen-bond donors (Lipinski definition) is 1. The number of aliphatic hydroxyl groups is 1. The van der Waals surface area contributed by atoms with Gasteiger partial charge in [0.05, 0.1) is 0 Å². The zero-order valence-corrected chi connectivity index (χ0v) is 30.9. The van der Waals surface area contributed by atoms with Crippen molar-refractivity contribution < 1.29 is 11.6 Å². The van der Waals surface area contributed by atoms with E-state index >= 15 is 0 Å². The van der Waals surface area contributed by atoms with Crippen LogP contribution in [0.25, 0.3) is 0 Å². The van der Waals surface area contributed by atoms with Gasteiger partial charge in [0.1, 0.15) is 0 Å². The summed E-state index contributed by atoms with van der Waals surface area (Å²) in [5.41, 5.74) is 2.21. The number of hydrogen-bond acceptors (Lipinski definition) is 1. The third-order valence-corrected chi connectivity index (χ3v) is 79.3. The Morgan fingerprint density at radius 3 is 1.51 bits per heavy atom. The third kappa shape index (κ3) is 0.793. The number of fused-ring (bicyclic) bond motifs is 10. The van der Waals surface area contributed by atoms with E-state index in [-0.39, 0.29) is 22.5 Å². The summed E-state index contributed by atoms with van der Waals surface area (Å²) < 4.78 is 2.36. The first-order chi connectivity index (χ1) is 20.8. The summed E-state index contributed by atoms with van der Waals surface area (Å²) in [4.78, 5) is 11.0. The minimum atomic E-state index is -3.75. The van der Waals surface area contributed by atoms with E-state index in [4.69, 9.17) is 5.11 Å². The van der Waals surface area contributed by atoms with Crippen molar-refractivity contribution >= 4 is 49.0 Å². The first-order valence-electron chi connectivity index (χ1n) is 18.0. The number of alkyl halides is 1. The molecule has 1 nitrogen and oxygen atoms in total. The van der Waals surface area contributed by atoms with E-state index in [1.54, 1.807) is 68.9 Å². The van der Waals surface area contributed by atoms with Gasteiger partial charge in [0, 0.05) is 6.61 Å². The van der Waals surface area contributed by atoms with E-state index in [2.05, 4.69) is 90.2 Å². The quantitative estimate of drug-likeness (QED) is 0.129. The van der Waals surface area contributed by atoms with Crippen LogP contribution in [0.15, 0.2) is 60.7 Å². The minimum Gasteiger partial charge on any atom is -0.397 e. The summed E-state index contributed by atoms with van der Waals surface area (Å²) in [5.74, 6) is 0. The van der Waals surface area contributed by atoms with Crippen molar-refractivity contribution in [1.29, 1.82) is 0 Å². The van der Waals surface area contributed by atoms with E-state index in [0.717, 1.165) is 19.7 Å². The van der Waals surface area contributed by atoms with Crippen LogP contribution >= 0.6 is 38.4 Å². The molecule has 2 saturated carbocycles. The molecule has 0 bridgehead atoms. The Bertz CT molecular complexity index is 1860. The summed E-state index contributed by atoms with van der Waals surface area (Å²) in [6.45, 7) is 1.21. The number of rotatable bonds is 7. The van der Waals surface area contributed by atoms with Gasteiger partial charge < -0.3 is 5.11 Å². The van der Waals surface area contributed by atoms with Gasteiger partial charge in [-0.15, -0.1) is 0 Å². The van der Waals surface area contributed by atoms with Crippen molar-refractivity contribution in [1.82, 2.24) is 0 Å². The molecular weight excluding hydrogens is 717 g/mol. The number of benzene rings is 2. The van der Waals surface area contributed by atoms with Crippen LogP contribution < -0.4 is 10.6 Å². The SMILES string of the molecule is CC(I)(P(C1CCCCC1)C1CCCCC1)[C@]12[CH]3[CH]4[CH]5[C]1(P(c1ccccc1)c1ccccc1)[Fe]45321678[CH]2[CH]1[CH]6[CH]7[CH]28.CCO. The Balaban J connectivity index is 0.000000696. The second-order valence-electron chi connectivity index (χ2n) is 19.0. The van der Waals surface area contributed by atoms with Gasteiger partial charge in [-0.05, 0) is 6.92 Å². The van der Waals surface area contributed by atoms with Gasteiger partial charge in [0.2, 0.25) is 0 Å². The fourth-order valence-corrected chi connectivity index (χ4v) is 130. The van der Waals surface area contributed by atoms with Crippen molar-refractivity contribution in [2.24, 2.45) is 0 Å². The van der Waals surface area contributed by atoms with Crippen LogP contribution in [-0.4, -0.2) is 30.2 Å². The molecule has 12 fully saturated rings. The van der Waals surface area contributed by atoms with Crippen LogP contribution in [0.4, 0.5) is 0 Å². The molecule has 43 heavy (non-hydrogen) atoms. The van der Waals surface area contributed by atoms with E-state index < -0.39 is 6.51 Å². The Morgan fingerprint density at radius 1 is 0.721 bits per heavy atom. The molecule has 1 N–H and O–H groups in total. The largest absolute Gasteiger partial charge is 0.397 e. The first kappa shape index (κ1) is 25.5. The van der Waals surface area contributed by atoms with Crippen LogP contribution in [0.1, 0.15) is 78.1 Å². The normalized spacial score (nSPS) is 62.5. The van der Waals surface area contributed by atoms with Crippen LogP contribution in [0.3, 0.4) is 0 Å². The fraction of sp³-hybridized carbons (Fsp3) is 0.684. The minimum absolute atomic E-state index is 0.0913. The molecule has 0 amide bonds. The zero-order chi connectivity index (χ0) is 28.7. The second-order valence-corrected chi connectivity index (χ2v) is 51.2. The molecule has 2 aromatic rings. The van der Waals surface area contributed by atoms with Crippen molar-refractivity contribution in [2.75, 3.05) is 6.61 Å². The molecule has 232 valence electrons. The molecule has 2 aromatic carbocycles. The van der Waals surface area contributed by atoms with Gasteiger partial charge in [-0.3, -0.25) is 0 Å². The fourth-order valence-electron chi connectivity index (χ4n) is 24.0. The van der Waals surface area contributed by atoms with Gasteiger partial charge >= 0.3 is 249 Å². The van der Waals surface area contributed by atoms with Crippen molar-refractivity contribution in [2.45, 2.75) is 139 Å². The molecule has 0 radical (unpaired) electrons. The standard InChI is InChI=1S/C31H38IP2.C5H5.C2H6O.Fe/c1-31(32,34(27-19-10-4-11-20-27)28-21-12-5-13-22-28)29-23-14-24-30(29)33(25-15-6-2-7-16-25)26-17-8-3-9-18-26;1-2-4-5-3-1;1-2-3;/h2-3,6-9,14-18,23-24,27-28H,4-5,10-13,19-22H2,1H3;1-5H;3H,2H2,1H3;. The van der Waals surface area contributed by atoms with Crippen molar-refractivity contribution in [3.05, 3.63) is 60.7 Å². The topological polar surface area (TPSA) is 20.2 Å². The predicted octanol–water partition coefficient (Wildman–Crippen LogP) is 11.1. The third-order valence-electron chi connectivity index (χ3n) is 22.2. The maximum atomic E-state index is 7.57. The molecule has 5 unspecified atom stereocenters. The molecule has 2 aliphatic carbocycles. The molecule has 10 aliphatic heterocycles.